The summed E-state index contributed by atoms with van der Waals surface area (Å²) in [5, 5.41) is 15.4. The minimum Gasteiger partial charge on any atom is -0.322 e. The molecule has 0 aliphatic carbocycles. The number of aryl methyl sites for hydroxylation is 2. The number of amides is 1. The van der Waals surface area contributed by atoms with Crippen LogP contribution in [0, 0.1) is 24.0 Å². The second kappa shape index (κ2) is 12.4. The molecule has 5 aromatic rings. The summed E-state index contributed by atoms with van der Waals surface area (Å²) < 4.78 is 1.86. The molecule has 0 radical (unpaired) electrons. The van der Waals surface area contributed by atoms with Gasteiger partial charge in [0.25, 0.3) is 17.2 Å². The first-order valence-electron chi connectivity index (χ1n) is 13.9. The van der Waals surface area contributed by atoms with Crippen LogP contribution in [0.3, 0.4) is 0 Å². The number of benzene rings is 3. The zero-order chi connectivity index (χ0) is 31.7. The summed E-state index contributed by atoms with van der Waals surface area (Å²) in [7, 11) is 0. The van der Waals surface area contributed by atoms with Crippen LogP contribution in [0.4, 0.5) is 11.4 Å². The molecule has 0 saturated heterocycles. The summed E-state index contributed by atoms with van der Waals surface area (Å²) in [5.41, 5.74) is 3.77. The van der Waals surface area contributed by atoms with Gasteiger partial charge in [-0.15, -0.1) is 0 Å². The van der Waals surface area contributed by atoms with Crippen LogP contribution >= 0.6 is 23.1 Å². The summed E-state index contributed by atoms with van der Waals surface area (Å²) in [4.78, 5) is 53.5. The Hall–Kier alpha value is -5.20. The molecule has 6 rings (SSSR count). The molecule has 2 aromatic heterocycles. The second-order valence-corrected chi connectivity index (χ2v) is 12.4. The summed E-state index contributed by atoms with van der Waals surface area (Å²) >= 11 is 2.28. The molecule has 1 N–H and O–H groups in total. The second-order valence-electron chi connectivity index (χ2n) is 10.3. The number of thiazole rings is 1. The Morgan fingerprint density at radius 2 is 1.64 bits per heavy atom. The van der Waals surface area contributed by atoms with Gasteiger partial charge in [0.15, 0.2) is 9.96 Å². The zero-order valence-electron chi connectivity index (χ0n) is 24.4. The molecular formula is C33H26N6O4S2. The molecule has 10 nitrogen and oxygen atoms in total. The van der Waals surface area contributed by atoms with Crippen molar-refractivity contribution in [2.24, 2.45) is 4.99 Å². The number of aromatic nitrogens is 3. The van der Waals surface area contributed by atoms with Crippen LogP contribution in [0.25, 0.3) is 6.08 Å². The number of hydrogen-bond acceptors (Lipinski definition) is 9. The lowest BCUT2D eigenvalue weighted by atomic mass is 9.95. The van der Waals surface area contributed by atoms with E-state index in [1.165, 1.54) is 22.0 Å². The van der Waals surface area contributed by atoms with Gasteiger partial charge in [-0.3, -0.25) is 24.3 Å². The Bertz CT molecular complexity index is 2160. The third-order valence-electron chi connectivity index (χ3n) is 7.05. The van der Waals surface area contributed by atoms with Gasteiger partial charge in [0.05, 0.1) is 31.7 Å². The van der Waals surface area contributed by atoms with Crippen LogP contribution in [-0.4, -0.2) is 25.4 Å². The number of fused-ring (bicyclic) bond motifs is 1. The highest BCUT2D eigenvalue weighted by Crippen LogP contribution is 2.34. The minimum atomic E-state index is -0.723. The maximum Gasteiger partial charge on any atom is 0.283 e. The summed E-state index contributed by atoms with van der Waals surface area (Å²) in [6, 6.07) is 24.3. The van der Waals surface area contributed by atoms with Gasteiger partial charge >= 0.3 is 0 Å². The molecule has 1 aliphatic heterocycles. The number of allylic oxidation sites excluding steroid dienone is 1. The van der Waals surface area contributed by atoms with E-state index in [-0.39, 0.29) is 17.2 Å². The van der Waals surface area contributed by atoms with E-state index in [1.54, 1.807) is 37.3 Å². The van der Waals surface area contributed by atoms with Crippen molar-refractivity contribution in [2.45, 2.75) is 36.9 Å². The smallest absolute Gasteiger partial charge is 0.283 e. The molecule has 0 saturated carbocycles. The fourth-order valence-corrected chi connectivity index (χ4v) is 7.12. The zero-order valence-corrected chi connectivity index (χ0v) is 26.1. The number of nitrogens with zero attached hydrogens (tertiary/aromatic N) is 5. The van der Waals surface area contributed by atoms with Gasteiger partial charge in [-0.2, -0.15) is 0 Å². The third-order valence-corrected chi connectivity index (χ3v) is 8.97. The lowest BCUT2D eigenvalue weighted by Crippen LogP contribution is -2.40. The molecule has 1 atom stereocenters. The number of rotatable bonds is 7. The van der Waals surface area contributed by atoms with E-state index in [2.05, 4.69) is 20.3 Å². The number of carbonyl (C=O) groups is 1. The number of nitrogens with one attached hydrogen (secondary N) is 1. The van der Waals surface area contributed by atoms with E-state index in [9.17, 15) is 19.7 Å². The van der Waals surface area contributed by atoms with Crippen molar-refractivity contribution >= 4 is 46.5 Å². The maximum atomic E-state index is 14.0. The van der Waals surface area contributed by atoms with Crippen molar-refractivity contribution in [3.05, 3.63) is 149 Å². The molecule has 0 bridgehead atoms. The Kier molecular flexibility index (Phi) is 8.24. The molecule has 0 unspecified atom stereocenters. The Morgan fingerprint density at radius 3 is 2.31 bits per heavy atom. The molecule has 3 aromatic carbocycles. The van der Waals surface area contributed by atoms with Crippen LogP contribution in [0.1, 0.15) is 35.5 Å². The monoisotopic (exact) mass is 634 g/mol. The number of anilines is 1. The molecule has 0 spiro atoms. The largest absolute Gasteiger partial charge is 0.322 e. The lowest BCUT2D eigenvalue weighted by molar-refractivity contribution is -0.387. The van der Waals surface area contributed by atoms with Gasteiger partial charge in [-0.1, -0.05) is 65.9 Å². The molecule has 1 amide bonds. The van der Waals surface area contributed by atoms with Gasteiger partial charge in [0.2, 0.25) is 0 Å². The van der Waals surface area contributed by atoms with E-state index in [0.29, 0.717) is 41.9 Å². The summed E-state index contributed by atoms with van der Waals surface area (Å²) in [6.45, 7) is 5.44. The topological polar surface area (TPSA) is 132 Å². The average molecular weight is 635 g/mol. The summed E-state index contributed by atoms with van der Waals surface area (Å²) in [5.74, 6) is -0.359. The Labute approximate surface area is 265 Å². The van der Waals surface area contributed by atoms with E-state index in [4.69, 9.17) is 0 Å². The molecular weight excluding hydrogens is 609 g/mol. The van der Waals surface area contributed by atoms with Crippen LogP contribution in [0.15, 0.2) is 116 Å². The molecule has 0 fully saturated rings. The van der Waals surface area contributed by atoms with Gasteiger partial charge in [0.1, 0.15) is 0 Å². The number of hydrogen-bond donors (Lipinski definition) is 1. The Balaban J connectivity index is 1.42. The molecule has 45 heavy (non-hydrogen) atoms. The first-order valence-corrected chi connectivity index (χ1v) is 15.5. The van der Waals surface area contributed by atoms with Crippen molar-refractivity contribution in [2.75, 3.05) is 5.32 Å². The average Bonchev–Trinajstić information content (AvgIpc) is 3.31. The quantitative estimate of drug-likeness (QED) is 0.145. The molecule has 224 valence electrons. The number of nitro groups is 1. The van der Waals surface area contributed by atoms with Crippen molar-refractivity contribution in [3.8, 4) is 0 Å². The molecule has 1 aliphatic rings. The Morgan fingerprint density at radius 1 is 0.978 bits per heavy atom. The first-order chi connectivity index (χ1) is 21.7. The lowest BCUT2D eigenvalue weighted by Gasteiger charge is -2.25. The van der Waals surface area contributed by atoms with Gasteiger partial charge < -0.3 is 5.32 Å². The van der Waals surface area contributed by atoms with Crippen LogP contribution in [0.2, 0.25) is 0 Å². The third kappa shape index (κ3) is 6.24. The fourth-order valence-electron chi connectivity index (χ4n) is 5.12. The van der Waals surface area contributed by atoms with E-state index in [0.717, 1.165) is 28.7 Å². The summed E-state index contributed by atoms with van der Waals surface area (Å²) in [6.07, 6.45) is 1.61. The predicted octanol–water partition coefficient (Wildman–Crippen LogP) is 5.34. The van der Waals surface area contributed by atoms with E-state index < -0.39 is 11.0 Å². The van der Waals surface area contributed by atoms with E-state index in [1.807, 2.05) is 68.4 Å². The normalized spacial score (nSPS) is 14.6. The molecule has 3 heterocycles. The van der Waals surface area contributed by atoms with Crippen LogP contribution in [-0.2, 0) is 4.79 Å². The fraction of sp³-hybridized carbons (Fsp3) is 0.121. The van der Waals surface area contributed by atoms with Crippen LogP contribution in [0.5, 0.6) is 0 Å². The first kappa shape index (κ1) is 29.9. The van der Waals surface area contributed by atoms with Gasteiger partial charge in [-0.05, 0) is 74.0 Å². The highest BCUT2D eigenvalue weighted by Gasteiger charge is 2.32. The van der Waals surface area contributed by atoms with Gasteiger partial charge in [0, 0.05) is 23.1 Å². The van der Waals surface area contributed by atoms with Gasteiger partial charge in [-0.25, -0.2) is 15.0 Å². The standard InChI is InChI=1S/C33H26N6O4S2/c1-19-16-20(2)35-32(34-19)44-26-15-14-22(17-25(26)39(42)43)18-27-31(41)38-29(23-10-6-4-7-11-23)28(21(3)36-33(38)45-27)30(40)37-24-12-8-5-9-13-24/h4-18,29H,1-3H3,(H,37,40)/b27-18+/t29-/m1/s1. The minimum absolute atomic E-state index is 0.123. The van der Waals surface area contributed by atoms with Crippen molar-refractivity contribution in [1.29, 1.82) is 0 Å². The number of para-hydroxylation sites is 1. The number of carbonyl (C=O) groups excluding carboxylic acids is 1. The van der Waals surface area contributed by atoms with Crippen LogP contribution < -0.4 is 20.2 Å². The van der Waals surface area contributed by atoms with Crippen molar-refractivity contribution < 1.29 is 9.72 Å². The predicted molar refractivity (Wildman–Crippen MR) is 174 cm³/mol. The highest BCUT2D eigenvalue weighted by atomic mass is 32.2. The van der Waals surface area contributed by atoms with Crippen molar-refractivity contribution in [1.82, 2.24) is 14.5 Å². The SMILES string of the molecule is CC1=C(C(=O)Nc2ccccc2)[C@@H](c2ccccc2)n2c(s/c(=C/c3ccc(Sc4nc(C)cc(C)n4)c([N+](=O)[O-])c3)c2=O)=N1. The highest BCUT2D eigenvalue weighted by molar-refractivity contribution is 7.99. The van der Waals surface area contributed by atoms with Crippen molar-refractivity contribution in [3.63, 3.8) is 0 Å². The maximum absolute atomic E-state index is 14.0. The number of nitro benzene ring substituents is 1. The van der Waals surface area contributed by atoms with E-state index >= 15 is 0 Å². The molecule has 12 heteroatoms.